The summed E-state index contributed by atoms with van der Waals surface area (Å²) in [6.07, 6.45) is 4.56. The van der Waals surface area contributed by atoms with Gasteiger partial charge < -0.3 is 9.84 Å². The molecule has 0 rings (SSSR count). The maximum Gasteiger partial charge on any atom is 0.105 e. The first kappa shape index (κ1) is 14.0. The molecule has 0 saturated heterocycles. The van der Waals surface area contributed by atoms with E-state index in [0.29, 0.717) is 0 Å². The van der Waals surface area contributed by atoms with Gasteiger partial charge in [-0.3, -0.25) is 0 Å². The average Bonchev–Trinajstić information content (AvgIpc) is 2.13. The van der Waals surface area contributed by atoms with Gasteiger partial charge in [-0.2, -0.15) is 0 Å². The van der Waals surface area contributed by atoms with Gasteiger partial charge in [-0.15, -0.1) is 6.42 Å². The number of rotatable bonds is 6. The van der Waals surface area contributed by atoms with E-state index in [0.717, 1.165) is 0 Å². The Morgan fingerprint density at radius 3 is 2.60 bits per heavy atom. The van der Waals surface area contributed by atoms with Gasteiger partial charge in [0.2, 0.25) is 0 Å². The molecule has 15 heavy (non-hydrogen) atoms. The molecule has 84 valence electrons. The van der Waals surface area contributed by atoms with Crippen LogP contribution >= 0.6 is 0 Å². The minimum atomic E-state index is -1.56. The zero-order valence-electron chi connectivity index (χ0n) is 9.34. The molecular weight excluding hydrogens is 210 g/mol. The third-order valence-corrected chi connectivity index (χ3v) is 3.66. The zero-order chi connectivity index (χ0) is 11.9. The SMILES string of the molecule is C#CC(OCC(O)CN=[N+]=[N-])[Si](C)(C)C. The fourth-order valence-corrected chi connectivity index (χ4v) is 2.04. The highest BCUT2D eigenvalue weighted by Crippen LogP contribution is 2.11. The topological polar surface area (TPSA) is 78.2 Å². The van der Waals surface area contributed by atoms with Crippen LogP contribution in [-0.2, 0) is 4.74 Å². The van der Waals surface area contributed by atoms with E-state index in [1.807, 2.05) is 0 Å². The van der Waals surface area contributed by atoms with Gasteiger partial charge in [0, 0.05) is 4.91 Å². The molecule has 6 heteroatoms. The van der Waals surface area contributed by atoms with Crippen molar-refractivity contribution in [2.45, 2.75) is 31.5 Å². The normalized spacial score (nSPS) is 14.9. The van der Waals surface area contributed by atoms with E-state index in [1.165, 1.54) is 0 Å². The van der Waals surface area contributed by atoms with Crippen molar-refractivity contribution in [1.82, 2.24) is 0 Å². The second kappa shape index (κ2) is 6.48. The Kier molecular flexibility index (Phi) is 6.05. The fourth-order valence-electron chi connectivity index (χ4n) is 0.939. The summed E-state index contributed by atoms with van der Waals surface area (Å²) in [6, 6.07) is 0. The Morgan fingerprint density at radius 1 is 1.60 bits per heavy atom. The predicted octanol–water partition coefficient (Wildman–Crippen LogP) is 1.55. The van der Waals surface area contributed by atoms with Crippen LogP contribution in [0.2, 0.25) is 19.6 Å². The lowest BCUT2D eigenvalue weighted by Gasteiger charge is -2.25. The van der Waals surface area contributed by atoms with Gasteiger partial charge in [0.15, 0.2) is 0 Å². The van der Waals surface area contributed by atoms with Crippen molar-refractivity contribution in [3.63, 3.8) is 0 Å². The van der Waals surface area contributed by atoms with Crippen LogP contribution in [0.15, 0.2) is 5.11 Å². The molecule has 0 aromatic heterocycles. The van der Waals surface area contributed by atoms with E-state index in [4.69, 9.17) is 16.7 Å². The highest BCUT2D eigenvalue weighted by Gasteiger charge is 2.26. The van der Waals surface area contributed by atoms with Gasteiger partial charge in [-0.05, 0) is 5.53 Å². The second-order valence-electron chi connectivity index (χ2n) is 4.31. The molecule has 5 nitrogen and oxygen atoms in total. The Morgan fingerprint density at radius 2 is 2.20 bits per heavy atom. The molecule has 2 atom stereocenters. The van der Waals surface area contributed by atoms with E-state index in [2.05, 4.69) is 35.6 Å². The molecule has 0 heterocycles. The van der Waals surface area contributed by atoms with Crippen molar-refractivity contribution in [2.75, 3.05) is 13.2 Å². The van der Waals surface area contributed by atoms with E-state index < -0.39 is 14.2 Å². The van der Waals surface area contributed by atoms with Crippen LogP contribution in [-0.4, -0.2) is 38.2 Å². The van der Waals surface area contributed by atoms with Crippen LogP contribution in [0.1, 0.15) is 0 Å². The van der Waals surface area contributed by atoms with E-state index in [-0.39, 0.29) is 18.9 Å². The van der Waals surface area contributed by atoms with Gasteiger partial charge in [-0.25, -0.2) is 0 Å². The lowest BCUT2D eigenvalue weighted by atomic mass is 10.4. The van der Waals surface area contributed by atoms with Gasteiger partial charge in [0.1, 0.15) is 5.73 Å². The molecule has 0 saturated carbocycles. The van der Waals surface area contributed by atoms with Crippen molar-refractivity contribution >= 4 is 8.07 Å². The number of nitrogens with zero attached hydrogens (tertiary/aromatic N) is 3. The predicted molar refractivity (Wildman–Crippen MR) is 61.9 cm³/mol. The third kappa shape index (κ3) is 6.15. The summed E-state index contributed by atoms with van der Waals surface area (Å²) in [5.41, 5.74) is 7.83. The number of terminal acetylenes is 1. The quantitative estimate of drug-likeness (QED) is 0.246. The van der Waals surface area contributed by atoms with Crippen LogP contribution in [0, 0.1) is 12.3 Å². The minimum absolute atomic E-state index is 0.0134. The van der Waals surface area contributed by atoms with Gasteiger partial charge in [0.05, 0.1) is 27.3 Å². The number of hydrogen-bond acceptors (Lipinski definition) is 3. The highest BCUT2D eigenvalue weighted by molar-refractivity contribution is 6.78. The molecule has 0 aliphatic heterocycles. The molecule has 2 unspecified atom stereocenters. The average molecular weight is 227 g/mol. The number of hydrogen-bond donors (Lipinski definition) is 1. The summed E-state index contributed by atoms with van der Waals surface area (Å²) < 4.78 is 5.41. The summed E-state index contributed by atoms with van der Waals surface area (Å²) in [5.74, 6) is 2.58. The molecule has 0 spiro atoms. The van der Waals surface area contributed by atoms with Crippen LogP contribution in [0.5, 0.6) is 0 Å². The maximum atomic E-state index is 9.35. The number of ether oxygens (including phenoxy) is 1. The molecule has 0 aromatic carbocycles. The highest BCUT2D eigenvalue weighted by atomic mass is 28.3. The molecule has 0 fully saturated rings. The zero-order valence-corrected chi connectivity index (χ0v) is 10.3. The van der Waals surface area contributed by atoms with Gasteiger partial charge in [-0.1, -0.05) is 30.7 Å². The molecule has 0 radical (unpaired) electrons. The molecule has 0 amide bonds. The fraction of sp³-hybridized carbons (Fsp3) is 0.778. The third-order valence-electron chi connectivity index (χ3n) is 1.75. The van der Waals surface area contributed by atoms with E-state index >= 15 is 0 Å². The molecule has 0 aromatic rings. The molecule has 0 aliphatic carbocycles. The maximum absolute atomic E-state index is 9.35. The Bertz CT molecular complexity index is 276. The smallest absolute Gasteiger partial charge is 0.105 e. The Labute approximate surface area is 91.1 Å². The molecular formula is C9H17N3O2Si. The first-order valence-corrected chi connectivity index (χ1v) is 8.26. The van der Waals surface area contributed by atoms with Crippen molar-refractivity contribution in [3.8, 4) is 12.3 Å². The number of aliphatic hydroxyl groups is 1. The largest absolute Gasteiger partial charge is 0.391 e. The van der Waals surface area contributed by atoms with Crippen LogP contribution in [0.4, 0.5) is 0 Å². The lowest BCUT2D eigenvalue weighted by Crippen LogP contribution is -2.41. The summed E-state index contributed by atoms with van der Waals surface area (Å²) in [4.78, 5) is 2.55. The van der Waals surface area contributed by atoms with Crippen LogP contribution in [0.25, 0.3) is 10.4 Å². The summed E-state index contributed by atoms with van der Waals surface area (Å²) in [5, 5.41) is 12.6. The van der Waals surface area contributed by atoms with Crippen molar-refractivity contribution in [2.24, 2.45) is 5.11 Å². The minimum Gasteiger partial charge on any atom is -0.391 e. The number of azide groups is 1. The van der Waals surface area contributed by atoms with Crippen LogP contribution in [0.3, 0.4) is 0 Å². The van der Waals surface area contributed by atoms with Crippen LogP contribution < -0.4 is 0 Å². The first-order chi connectivity index (χ1) is 6.91. The monoisotopic (exact) mass is 227 g/mol. The Hall–Kier alpha value is -0.993. The summed E-state index contributed by atoms with van der Waals surface area (Å²) >= 11 is 0. The lowest BCUT2D eigenvalue weighted by molar-refractivity contribution is 0.0402. The standard InChI is InChI=1S/C9H17N3O2Si/c1-5-9(15(2,3)4)14-7-8(13)6-11-12-10/h1,8-9,13H,6-7H2,2-4H3. The van der Waals surface area contributed by atoms with Gasteiger partial charge in [0.25, 0.3) is 0 Å². The molecule has 1 N–H and O–H groups in total. The first-order valence-electron chi connectivity index (χ1n) is 4.68. The van der Waals surface area contributed by atoms with Gasteiger partial charge >= 0.3 is 0 Å². The number of aliphatic hydroxyl groups excluding tert-OH is 1. The van der Waals surface area contributed by atoms with E-state index in [9.17, 15) is 5.11 Å². The Balaban J connectivity index is 4.03. The van der Waals surface area contributed by atoms with Crippen molar-refractivity contribution in [3.05, 3.63) is 10.4 Å². The molecule has 0 bridgehead atoms. The second-order valence-corrected chi connectivity index (χ2v) is 9.57. The summed E-state index contributed by atoms with van der Waals surface area (Å²) in [7, 11) is -1.56. The van der Waals surface area contributed by atoms with Crippen molar-refractivity contribution in [1.29, 1.82) is 0 Å². The molecule has 0 aliphatic rings. The summed E-state index contributed by atoms with van der Waals surface area (Å²) in [6.45, 7) is 6.41. The van der Waals surface area contributed by atoms with E-state index in [1.54, 1.807) is 0 Å². The van der Waals surface area contributed by atoms with Crippen molar-refractivity contribution < 1.29 is 9.84 Å².